The first-order valence-electron chi connectivity index (χ1n) is 11.9. The predicted molar refractivity (Wildman–Crippen MR) is 143 cm³/mol. The fourth-order valence-corrected chi connectivity index (χ4v) is 4.80. The quantitative estimate of drug-likeness (QED) is 0.229. The second-order valence-corrected chi connectivity index (χ2v) is 9.53. The molecule has 0 radical (unpaired) electrons. The standard InChI is InChI=1S/C28H29Cl2N3O2/c1-3-6-22(4-2)33-26-12-10-21(28(34)35)15-25(26)32-27(33)20-8-5-7-18(13-20)16-31-17-19-9-11-23(29)24(30)14-19/h5,7-15,22,31H,3-4,6,16-17H2,1-2H3,(H,34,35). The topological polar surface area (TPSA) is 67.2 Å². The Balaban J connectivity index is 1.65. The first kappa shape index (κ1) is 25.2. The summed E-state index contributed by atoms with van der Waals surface area (Å²) in [6.07, 6.45) is 3.06. The maximum absolute atomic E-state index is 11.5. The number of hydrogen-bond acceptors (Lipinski definition) is 3. The normalized spacial score (nSPS) is 12.2. The van der Waals surface area contributed by atoms with E-state index in [-0.39, 0.29) is 11.6 Å². The van der Waals surface area contributed by atoms with Crippen molar-refractivity contribution in [1.82, 2.24) is 14.9 Å². The number of imidazole rings is 1. The molecule has 0 aliphatic heterocycles. The highest BCUT2D eigenvalue weighted by Gasteiger charge is 2.20. The van der Waals surface area contributed by atoms with Crippen molar-refractivity contribution in [2.75, 3.05) is 0 Å². The minimum atomic E-state index is -0.946. The van der Waals surface area contributed by atoms with E-state index in [1.165, 1.54) is 0 Å². The van der Waals surface area contributed by atoms with Gasteiger partial charge < -0.3 is 15.0 Å². The number of nitrogens with zero attached hydrogens (tertiary/aromatic N) is 2. The molecule has 0 bridgehead atoms. The van der Waals surface area contributed by atoms with Gasteiger partial charge >= 0.3 is 5.97 Å². The maximum atomic E-state index is 11.5. The predicted octanol–water partition coefficient (Wildman–Crippen LogP) is 7.75. The summed E-state index contributed by atoms with van der Waals surface area (Å²) in [5.74, 6) is -0.0761. The summed E-state index contributed by atoms with van der Waals surface area (Å²) >= 11 is 12.1. The number of carbonyl (C=O) groups is 1. The lowest BCUT2D eigenvalue weighted by Crippen LogP contribution is -2.13. The second-order valence-electron chi connectivity index (χ2n) is 8.72. The molecule has 182 valence electrons. The fraction of sp³-hybridized carbons (Fsp3) is 0.286. The summed E-state index contributed by atoms with van der Waals surface area (Å²) in [7, 11) is 0. The van der Waals surface area contributed by atoms with Gasteiger partial charge in [-0.1, -0.05) is 67.7 Å². The third-order valence-corrected chi connectivity index (χ3v) is 6.96. The lowest BCUT2D eigenvalue weighted by atomic mass is 10.1. The van der Waals surface area contributed by atoms with Crippen molar-refractivity contribution in [3.05, 3.63) is 87.4 Å². The minimum absolute atomic E-state index is 0.248. The lowest BCUT2D eigenvalue weighted by molar-refractivity contribution is 0.0697. The molecule has 1 heterocycles. The number of carboxylic acid groups (broad SMARTS) is 1. The number of rotatable bonds is 10. The molecule has 1 unspecified atom stereocenters. The van der Waals surface area contributed by atoms with Crippen LogP contribution < -0.4 is 5.32 Å². The molecule has 4 aromatic rings. The Kier molecular flexibility index (Phi) is 8.11. The van der Waals surface area contributed by atoms with Crippen LogP contribution >= 0.6 is 23.2 Å². The molecule has 5 nitrogen and oxygen atoms in total. The highest BCUT2D eigenvalue weighted by Crippen LogP contribution is 2.33. The zero-order chi connectivity index (χ0) is 24.9. The molecule has 0 aliphatic carbocycles. The molecule has 3 aromatic carbocycles. The molecule has 7 heteroatoms. The lowest BCUT2D eigenvalue weighted by Gasteiger charge is -2.20. The molecular weight excluding hydrogens is 481 g/mol. The molecular formula is C28H29Cl2N3O2. The van der Waals surface area contributed by atoms with Gasteiger partial charge in [-0.25, -0.2) is 9.78 Å². The van der Waals surface area contributed by atoms with Crippen molar-refractivity contribution in [3.8, 4) is 11.4 Å². The minimum Gasteiger partial charge on any atom is -0.478 e. The zero-order valence-electron chi connectivity index (χ0n) is 19.9. The summed E-state index contributed by atoms with van der Waals surface area (Å²) in [5.41, 5.74) is 5.14. The fourth-order valence-electron chi connectivity index (χ4n) is 4.48. The van der Waals surface area contributed by atoms with Gasteiger partial charge in [0.1, 0.15) is 5.82 Å². The van der Waals surface area contributed by atoms with Gasteiger partial charge in [0.2, 0.25) is 0 Å². The SMILES string of the molecule is CCCC(CC)n1c(-c2cccc(CNCc3ccc(Cl)c(Cl)c3)c2)nc2cc(C(=O)O)ccc21. The van der Waals surface area contributed by atoms with Gasteiger partial charge in [-0.15, -0.1) is 0 Å². The summed E-state index contributed by atoms with van der Waals surface area (Å²) < 4.78 is 2.28. The Bertz CT molecular complexity index is 1350. The largest absolute Gasteiger partial charge is 0.478 e. The Labute approximate surface area is 215 Å². The Morgan fingerprint density at radius 3 is 2.46 bits per heavy atom. The molecule has 0 fully saturated rings. The molecule has 2 N–H and O–H groups in total. The number of halogens is 2. The molecule has 0 saturated heterocycles. The average Bonchev–Trinajstić information content (AvgIpc) is 3.23. The smallest absolute Gasteiger partial charge is 0.335 e. The third-order valence-electron chi connectivity index (χ3n) is 6.22. The van der Waals surface area contributed by atoms with Gasteiger partial charge in [-0.2, -0.15) is 0 Å². The van der Waals surface area contributed by atoms with Crippen molar-refractivity contribution in [1.29, 1.82) is 0 Å². The maximum Gasteiger partial charge on any atom is 0.335 e. The van der Waals surface area contributed by atoms with Crippen LogP contribution in [-0.4, -0.2) is 20.6 Å². The summed E-state index contributed by atoms with van der Waals surface area (Å²) in [4.78, 5) is 16.4. The summed E-state index contributed by atoms with van der Waals surface area (Å²) in [5, 5.41) is 14.0. The molecule has 35 heavy (non-hydrogen) atoms. The number of aromatic carboxylic acids is 1. The van der Waals surface area contributed by atoms with Crippen LogP contribution in [-0.2, 0) is 13.1 Å². The van der Waals surface area contributed by atoms with Crippen molar-refractivity contribution in [2.24, 2.45) is 0 Å². The van der Waals surface area contributed by atoms with E-state index in [4.69, 9.17) is 28.2 Å². The number of aromatic nitrogens is 2. The van der Waals surface area contributed by atoms with Gasteiger partial charge in [-0.05, 0) is 60.4 Å². The van der Waals surface area contributed by atoms with E-state index in [1.54, 1.807) is 12.1 Å². The number of nitrogens with one attached hydrogen (secondary N) is 1. The van der Waals surface area contributed by atoms with E-state index >= 15 is 0 Å². The van der Waals surface area contributed by atoms with E-state index in [2.05, 4.69) is 41.9 Å². The van der Waals surface area contributed by atoms with Crippen LogP contribution in [0.4, 0.5) is 0 Å². The Hall–Kier alpha value is -2.86. The number of fused-ring (bicyclic) bond motifs is 1. The summed E-state index contributed by atoms with van der Waals surface area (Å²) in [6.45, 7) is 5.73. The molecule has 1 aromatic heterocycles. The average molecular weight is 510 g/mol. The molecule has 0 amide bonds. The van der Waals surface area contributed by atoms with Crippen LogP contribution in [0.3, 0.4) is 0 Å². The van der Waals surface area contributed by atoms with Crippen LogP contribution in [0.5, 0.6) is 0 Å². The Morgan fingerprint density at radius 2 is 1.77 bits per heavy atom. The summed E-state index contributed by atoms with van der Waals surface area (Å²) in [6, 6.07) is 19.5. The van der Waals surface area contributed by atoms with Gasteiger partial charge in [0.25, 0.3) is 0 Å². The van der Waals surface area contributed by atoms with Crippen LogP contribution in [0, 0.1) is 0 Å². The van der Waals surface area contributed by atoms with Crippen LogP contribution in [0.1, 0.15) is 60.6 Å². The van der Waals surface area contributed by atoms with Crippen molar-refractivity contribution in [2.45, 2.75) is 52.2 Å². The molecule has 0 aliphatic rings. The van der Waals surface area contributed by atoms with E-state index < -0.39 is 5.97 Å². The molecule has 4 rings (SSSR count). The monoisotopic (exact) mass is 509 g/mol. The highest BCUT2D eigenvalue weighted by atomic mass is 35.5. The number of carboxylic acids is 1. The van der Waals surface area contributed by atoms with Gasteiger partial charge in [0.15, 0.2) is 0 Å². The van der Waals surface area contributed by atoms with Crippen LogP contribution in [0.2, 0.25) is 10.0 Å². The highest BCUT2D eigenvalue weighted by molar-refractivity contribution is 6.42. The van der Waals surface area contributed by atoms with Crippen molar-refractivity contribution < 1.29 is 9.90 Å². The van der Waals surface area contributed by atoms with Gasteiger partial charge in [0, 0.05) is 24.7 Å². The molecule has 0 spiro atoms. The third kappa shape index (κ3) is 5.69. The molecule has 1 atom stereocenters. The molecule has 0 saturated carbocycles. The van der Waals surface area contributed by atoms with Gasteiger partial charge in [0.05, 0.1) is 26.6 Å². The van der Waals surface area contributed by atoms with Crippen molar-refractivity contribution in [3.63, 3.8) is 0 Å². The Morgan fingerprint density at radius 1 is 1.00 bits per heavy atom. The van der Waals surface area contributed by atoms with E-state index in [0.717, 1.165) is 47.3 Å². The number of hydrogen-bond donors (Lipinski definition) is 2. The first-order valence-corrected chi connectivity index (χ1v) is 12.7. The first-order chi connectivity index (χ1) is 16.9. The van der Waals surface area contributed by atoms with Crippen molar-refractivity contribution >= 4 is 40.2 Å². The van der Waals surface area contributed by atoms with Crippen LogP contribution in [0.15, 0.2) is 60.7 Å². The van der Waals surface area contributed by atoms with E-state index in [9.17, 15) is 9.90 Å². The zero-order valence-corrected chi connectivity index (χ0v) is 21.4. The van der Waals surface area contributed by atoms with Gasteiger partial charge in [-0.3, -0.25) is 0 Å². The van der Waals surface area contributed by atoms with Crippen LogP contribution in [0.25, 0.3) is 22.4 Å². The number of benzene rings is 3. The second kappa shape index (κ2) is 11.3. The van der Waals surface area contributed by atoms with E-state index in [0.29, 0.717) is 28.7 Å². The van der Waals surface area contributed by atoms with E-state index in [1.807, 2.05) is 30.3 Å².